The largest absolute Gasteiger partial charge is 0.349 e. The molecule has 0 radical (unpaired) electrons. The third kappa shape index (κ3) is 4.11. The van der Waals surface area contributed by atoms with Crippen molar-refractivity contribution >= 4 is 27.3 Å². The fourth-order valence-corrected chi connectivity index (χ4v) is 5.74. The molecular weight excluding hydrogens is 356 g/mol. The predicted molar refractivity (Wildman–Crippen MR) is 98.8 cm³/mol. The summed E-state index contributed by atoms with van der Waals surface area (Å²) in [6, 6.07) is 13.0. The van der Waals surface area contributed by atoms with E-state index in [2.05, 4.69) is 5.32 Å². The van der Waals surface area contributed by atoms with Crippen LogP contribution in [0, 0.1) is 5.92 Å². The highest BCUT2D eigenvalue weighted by Crippen LogP contribution is 2.26. The van der Waals surface area contributed by atoms with E-state index in [4.69, 9.17) is 0 Å². The average molecular weight is 379 g/mol. The first-order chi connectivity index (χ1) is 12.0. The summed E-state index contributed by atoms with van der Waals surface area (Å²) < 4.78 is 27.1. The lowest BCUT2D eigenvalue weighted by molar-refractivity contribution is -0.126. The van der Waals surface area contributed by atoms with Crippen LogP contribution < -0.4 is 5.32 Å². The first-order valence-electron chi connectivity index (χ1n) is 8.37. The number of nitrogens with one attached hydrogen (secondary N) is 1. The SMILES string of the molecule is C[C@@H](NC(=O)C1CCCN(S(=O)(=O)c2cccs2)C1)c1ccccc1. The van der Waals surface area contributed by atoms with Crippen LogP contribution in [-0.2, 0) is 14.8 Å². The van der Waals surface area contributed by atoms with Crippen LogP contribution in [0.25, 0.3) is 0 Å². The fraction of sp³-hybridized carbons (Fsp3) is 0.389. The Hall–Kier alpha value is -1.70. The maximum absolute atomic E-state index is 12.7. The van der Waals surface area contributed by atoms with E-state index in [1.54, 1.807) is 17.5 Å². The van der Waals surface area contributed by atoms with Gasteiger partial charge < -0.3 is 5.32 Å². The van der Waals surface area contributed by atoms with Crippen molar-refractivity contribution < 1.29 is 13.2 Å². The molecule has 2 heterocycles. The zero-order chi connectivity index (χ0) is 17.9. The van der Waals surface area contributed by atoms with Gasteiger partial charge in [-0.15, -0.1) is 11.3 Å². The van der Waals surface area contributed by atoms with Gasteiger partial charge in [0.15, 0.2) is 0 Å². The molecule has 7 heteroatoms. The third-order valence-corrected chi connectivity index (χ3v) is 7.74. The molecule has 0 spiro atoms. The van der Waals surface area contributed by atoms with E-state index < -0.39 is 10.0 Å². The van der Waals surface area contributed by atoms with Gasteiger partial charge in [-0.25, -0.2) is 8.42 Å². The van der Waals surface area contributed by atoms with Gasteiger partial charge in [-0.2, -0.15) is 4.31 Å². The van der Waals surface area contributed by atoms with Gasteiger partial charge in [0.25, 0.3) is 10.0 Å². The highest BCUT2D eigenvalue weighted by atomic mass is 32.2. The van der Waals surface area contributed by atoms with E-state index in [0.717, 1.165) is 5.56 Å². The van der Waals surface area contributed by atoms with Crippen molar-refractivity contribution in [3.05, 3.63) is 53.4 Å². The van der Waals surface area contributed by atoms with E-state index in [9.17, 15) is 13.2 Å². The molecule has 2 aromatic rings. The minimum absolute atomic E-state index is 0.0811. The number of sulfonamides is 1. The number of piperidine rings is 1. The molecule has 1 N–H and O–H groups in total. The van der Waals surface area contributed by atoms with Crippen LogP contribution in [0.15, 0.2) is 52.1 Å². The minimum atomic E-state index is -3.49. The second-order valence-corrected chi connectivity index (χ2v) is 9.39. The summed E-state index contributed by atoms with van der Waals surface area (Å²) in [5.74, 6) is -0.392. The van der Waals surface area contributed by atoms with Gasteiger partial charge in [-0.1, -0.05) is 36.4 Å². The van der Waals surface area contributed by atoms with Gasteiger partial charge in [0.05, 0.1) is 12.0 Å². The Morgan fingerprint density at radius 2 is 2.00 bits per heavy atom. The number of thiophene rings is 1. The third-order valence-electron chi connectivity index (χ3n) is 4.50. The molecule has 3 rings (SSSR count). The number of carbonyl (C=O) groups is 1. The molecule has 1 amide bonds. The molecule has 1 aliphatic rings. The number of carbonyl (C=O) groups excluding carboxylic acids is 1. The van der Waals surface area contributed by atoms with Crippen LogP contribution >= 0.6 is 11.3 Å². The molecule has 1 unspecified atom stereocenters. The molecule has 134 valence electrons. The molecule has 1 aromatic heterocycles. The van der Waals surface area contributed by atoms with Gasteiger partial charge in [0, 0.05) is 13.1 Å². The number of hydrogen-bond acceptors (Lipinski definition) is 4. The second-order valence-electron chi connectivity index (χ2n) is 6.28. The molecule has 1 aliphatic heterocycles. The van der Waals surface area contributed by atoms with Crippen LogP contribution in [0.5, 0.6) is 0 Å². The summed E-state index contributed by atoms with van der Waals surface area (Å²) in [5.41, 5.74) is 1.04. The van der Waals surface area contributed by atoms with E-state index >= 15 is 0 Å². The standard InChI is InChI=1S/C18H22N2O3S2/c1-14(15-7-3-2-4-8-15)19-18(21)16-9-5-11-20(13-16)25(22,23)17-10-6-12-24-17/h2-4,6-8,10,12,14,16H,5,9,11,13H2,1H3,(H,19,21)/t14-,16?/m1/s1. The van der Waals surface area contributed by atoms with Crippen LogP contribution in [0.4, 0.5) is 0 Å². The molecule has 0 aliphatic carbocycles. The summed E-state index contributed by atoms with van der Waals surface area (Å²) in [4.78, 5) is 12.6. The van der Waals surface area contributed by atoms with Gasteiger partial charge in [-0.05, 0) is 36.8 Å². The Balaban J connectivity index is 1.66. The van der Waals surface area contributed by atoms with E-state index in [1.165, 1.54) is 15.6 Å². The zero-order valence-electron chi connectivity index (χ0n) is 14.1. The molecule has 1 aromatic carbocycles. The van der Waals surface area contributed by atoms with Crippen molar-refractivity contribution in [2.75, 3.05) is 13.1 Å². The summed E-state index contributed by atoms with van der Waals surface area (Å²) in [7, 11) is -3.49. The number of hydrogen-bond donors (Lipinski definition) is 1. The predicted octanol–water partition coefficient (Wildman–Crippen LogP) is 3.03. The highest BCUT2D eigenvalue weighted by molar-refractivity contribution is 7.91. The second kappa shape index (κ2) is 7.68. The van der Waals surface area contributed by atoms with Crippen molar-refractivity contribution in [2.24, 2.45) is 5.92 Å². The molecule has 1 fully saturated rings. The summed E-state index contributed by atoms with van der Waals surface area (Å²) >= 11 is 1.21. The van der Waals surface area contributed by atoms with Crippen LogP contribution in [0.1, 0.15) is 31.4 Å². The Kier molecular flexibility index (Phi) is 5.56. The summed E-state index contributed by atoms with van der Waals surface area (Å²) in [5, 5.41) is 4.77. The lowest BCUT2D eigenvalue weighted by atomic mass is 9.98. The number of nitrogens with zero attached hydrogens (tertiary/aromatic N) is 1. The molecular formula is C18H22N2O3S2. The average Bonchev–Trinajstić information content (AvgIpc) is 3.18. The number of rotatable bonds is 5. The van der Waals surface area contributed by atoms with Crippen LogP contribution in [-0.4, -0.2) is 31.7 Å². The minimum Gasteiger partial charge on any atom is -0.349 e. The highest BCUT2D eigenvalue weighted by Gasteiger charge is 2.34. The van der Waals surface area contributed by atoms with Crippen molar-refractivity contribution in [3.63, 3.8) is 0 Å². The molecule has 2 atom stereocenters. The molecule has 0 bridgehead atoms. The zero-order valence-corrected chi connectivity index (χ0v) is 15.7. The lowest BCUT2D eigenvalue weighted by Crippen LogP contribution is -2.45. The van der Waals surface area contributed by atoms with Gasteiger partial charge in [-0.3, -0.25) is 4.79 Å². The molecule has 0 saturated carbocycles. The smallest absolute Gasteiger partial charge is 0.252 e. The lowest BCUT2D eigenvalue weighted by Gasteiger charge is -2.31. The Labute approximate surface area is 152 Å². The Bertz CT molecular complexity index is 804. The number of benzene rings is 1. The van der Waals surface area contributed by atoms with Gasteiger partial charge in [0.1, 0.15) is 4.21 Å². The quantitative estimate of drug-likeness (QED) is 0.870. The van der Waals surface area contributed by atoms with Gasteiger partial charge in [0.2, 0.25) is 5.91 Å². The first kappa shape index (κ1) is 18.1. The molecule has 5 nitrogen and oxygen atoms in total. The molecule has 1 saturated heterocycles. The summed E-state index contributed by atoms with van der Waals surface area (Å²) in [6.07, 6.45) is 1.41. The Morgan fingerprint density at radius 3 is 2.68 bits per heavy atom. The van der Waals surface area contributed by atoms with Crippen LogP contribution in [0.3, 0.4) is 0 Å². The fourth-order valence-electron chi connectivity index (χ4n) is 3.07. The van der Waals surface area contributed by atoms with E-state index in [0.29, 0.717) is 23.6 Å². The van der Waals surface area contributed by atoms with Gasteiger partial charge >= 0.3 is 0 Å². The normalized spacial score (nSPS) is 20.1. The monoisotopic (exact) mass is 378 g/mol. The van der Waals surface area contributed by atoms with Crippen molar-refractivity contribution in [1.29, 1.82) is 0 Å². The summed E-state index contributed by atoms with van der Waals surface area (Å²) in [6.45, 7) is 2.65. The van der Waals surface area contributed by atoms with Crippen molar-refractivity contribution in [2.45, 2.75) is 30.0 Å². The maximum atomic E-state index is 12.7. The number of amides is 1. The topological polar surface area (TPSA) is 66.5 Å². The van der Waals surface area contributed by atoms with Crippen LogP contribution in [0.2, 0.25) is 0 Å². The maximum Gasteiger partial charge on any atom is 0.252 e. The van der Waals surface area contributed by atoms with E-state index in [1.807, 2.05) is 37.3 Å². The van der Waals surface area contributed by atoms with Crippen molar-refractivity contribution in [3.8, 4) is 0 Å². The van der Waals surface area contributed by atoms with Crippen molar-refractivity contribution in [1.82, 2.24) is 9.62 Å². The Morgan fingerprint density at radius 1 is 1.24 bits per heavy atom. The first-order valence-corrected chi connectivity index (χ1v) is 10.7. The van der Waals surface area contributed by atoms with E-state index in [-0.39, 0.29) is 24.4 Å². The molecule has 25 heavy (non-hydrogen) atoms.